The summed E-state index contributed by atoms with van der Waals surface area (Å²) in [5.41, 5.74) is -0.986. The van der Waals surface area contributed by atoms with Gasteiger partial charge in [-0.3, -0.25) is 9.59 Å². The Labute approximate surface area is 217 Å². The standard InChI is InChI=1S/C26H37N5O6/c1-25(2,3)36-23(34)18(14-10-11-15-27-24(35)37-26(4,5)6)31-22(33)20-19(28-16-29-20)21(32)30-17-12-8-7-9-13-17/h7-9,12-13,16,18H,10-11,14-15H2,1-6H3,(H,27,35)(H,28,29)(H,30,32)(H,31,33)/t18-/m0/s1. The number of nitrogens with one attached hydrogen (secondary N) is 4. The minimum atomic E-state index is -0.971. The van der Waals surface area contributed by atoms with Crippen molar-refractivity contribution in [1.29, 1.82) is 0 Å². The summed E-state index contributed by atoms with van der Waals surface area (Å²) in [7, 11) is 0. The van der Waals surface area contributed by atoms with Gasteiger partial charge in [0, 0.05) is 12.2 Å². The summed E-state index contributed by atoms with van der Waals surface area (Å²) < 4.78 is 10.7. The third-order valence-corrected chi connectivity index (χ3v) is 4.70. The predicted molar refractivity (Wildman–Crippen MR) is 138 cm³/mol. The van der Waals surface area contributed by atoms with Crippen molar-refractivity contribution in [1.82, 2.24) is 20.6 Å². The number of para-hydroxylation sites is 1. The molecule has 1 aromatic carbocycles. The number of aromatic nitrogens is 2. The van der Waals surface area contributed by atoms with Gasteiger partial charge in [-0.05, 0) is 72.9 Å². The van der Waals surface area contributed by atoms with Crippen molar-refractivity contribution < 1.29 is 28.7 Å². The van der Waals surface area contributed by atoms with Gasteiger partial charge in [0.25, 0.3) is 11.8 Å². The second-order valence-corrected chi connectivity index (χ2v) is 10.4. The Bertz CT molecular complexity index is 1070. The number of aromatic amines is 1. The first-order chi connectivity index (χ1) is 17.2. The van der Waals surface area contributed by atoms with E-state index in [2.05, 4.69) is 25.9 Å². The Kier molecular flexibility index (Phi) is 10.2. The number of nitrogens with zero attached hydrogens (tertiary/aromatic N) is 1. The van der Waals surface area contributed by atoms with Crippen LogP contribution in [0.1, 0.15) is 81.8 Å². The Morgan fingerprint density at radius 2 is 1.57 bits per heavy atom. The van der Waals surface area contributed by atoms with Gasteiger partial charge < -0.3 is 30.4 Å². The fourth-order valence-corrected chi connectivity index (χ4v) is 3.18. The Morgan fingerprint density at radius 3 is 2.19 bits per heavy atom. The fourth-order valence-electron chi connectivity index (χ4n) is 3.18. The molecule has 1 atom stereocenters. The average Bonchev–Trinajstić information content (AvgIpc) is 3.26. The fraction of sp³-hybridized carbons (Fsp3) is 0.500. The molecule has 0 bridgehead atoms. The van der Waals surface area contributed by atoms with E-state index in [-0.39, 0.29) is 17.8 Å². The molecule has 0 aliphatic heterocycles. The third kappa shape index (κ3) is 10.7. The number of rotatable bonds is 10. The molecule has 0 radical (unpaired) electrons. The first-order valence-electron chi connectivity index (χ1n) is 12.2. The van der Waals surface area contributed by atoms with E-state index in [0.717, 1.165) is 0 Å². The van der Waals surface area contributed by atoms with Crippen LogP contribution >= 0.6 is 0 Å². The van der Waals surface area contributed by atoms with Gasteiger partial charge >= 0.3 is 12.1 Å². The van der Waals surface area contributed by atoms with Crippen molar-refractivity contribution in [2.24, 2.45) is 0 Å². The van der Waals surface area contributed by atoms with Crippen LogP contribution in [0.2, 0.25) is 0 Å². The number of esters is 1. The van der Waals surface area contributed by atoms with E-state index in [9.17, 15) is 19.2 Å². The highest BCUT2D eigenvalue weighted by Gasteiger charge is 2.29. The molecule has 11 heteroatoms. The molecule has 0 fully saturated rings. The first kappa shape index (κ1) is 29.3. The third-order valence-electron chi connectivity index (χ3n) is 4.70. The van der Waals surface area contributed by atoms with Crippen molar-refractivity contribution >= 4 is 29.6 Å². The zero-order valence-electron chi connectivity index (χ0n) is 22.3. The number of ether oxygens (including phenoxy) is 2. The molecule has 2 aromatic rings. The summed E-state index contributed by atoms with van der Waals surface area (Å²) >= 11 is 0. The minimum absolute atomic E-state index is 0.0754. The molecule has 1 aromatic heterocycles. The van der Waals surface area contributed by atoms with Gasteiger partial charge in [-0.25, -0.2) is 14.6 Å². The van der Waals surface area contributed by atoms with E-state index in [1.54, 1.807) is 65.8 Å². The van der Waals surface area contributed by atoms with Crippen LogP contribution in [0, 0.1) is 0 Å². The molecular formula is C26H37N5O6. The van der Waals surface area contributed by atoms with E-state index in [1.807, 2.05) is 6.07 Å². The lowest BCUT2D eigenvalue weighted by molar-refractivity contribution is -0.157. The van der Waals surface area contributed by atoms with Gasteiger partial charge in [-0.1, -0.05) is 18.2 Å². The van der Waals surface area contributed by atoms with Crippen LogP contribution in [-0.4, -0.2) is 57.6 Å². The molecule has 1 heterocycles. The van der Waals surface area contributed by atoms with Gasteiger partial charge in [0.15, 0.2) is 5.69 Å². The summed E-state index contributed by atoms with van der Waals surface area (Å²) in [4.78, 5) is 57.0. The lowest BCUT2D eigenvalue weighted by Crippen LogP contribution is -2.44. The second-order valence-electron chi connectivity index (χ2n) is 10.4. The van der Waals surface area contributed by atoms with E-state index in [1.165, 1.54) is 6.33 Å². The molecule has 0 aliphatic rings. The largest absolute Gasteiger partial charge is 0.458 e. The van der Waals surface area contributed by atoms with Crippen molar-refractivity contribution in [3.63, 3.8) is 0 Å². The van der Waals surface area contributed by atoms with Gasteiger partial charge in [-0.2, -0.15) is 0 Å². The van der Waals surface area contributed by atoms with Gasteiger partial charge in [0.1, 0.15) is 22.9 Å². The summed E-state index contributed by atoms with van der Waals surface area (Å²) in [6.45, 7) is 10.9. The number of benzene rings is 1. The van der Waals surface area contributed by atoms with Crippen LogP contribution in [0.15, 0.2) is 36.7 Å². The van der Waals surface area contributed by atoms with E-state index < -0.39 is 41.1 Å². The number of hydrogen-bond donors (Lipinski definition) is 4. The van der Waals surface area contributed by atoms with Crippen LogP contribution in [0.5, 0.6) is 0 Å². The lowest BCUT2D eigenvalue weighted by atomic mass is 10.1. The highest BCUT2D eigenvalue weighted by atomic mass is 16.6. The second kappa shape index (κ2) is 12.9. The topological polar surface area (TPSA) is 152 Å². The van der Waals surface area contributed by atoms with E-state index in [4.69, 9.17) is 9.47 Å². The highest BCUT2D eigenvalue weighted by Crippen LogP contribution is 2.14. The molecular weight excluding hydrogens is 478 g/mol. The summed E-state index contributed by atoms with van der Waals surface area (Å²) in [6, 6.07) is 7.79. The maximum absolute atomic E-state index is 13.0. The predicted octanol–water partition coefficient (Wildman–Crippen LogP) is 3.80. The highest BCUT2D eigenvalue weighted by molar-refractivity contribution is 6.10. The smallest absolute Gasteiger partial charge is 0.407 e. The normalized spacial score (nSPS) is 12.3. The van der Waals surface area contributed by atoms with E-state index in [0.29, 0.717) is 25.1 Å². The number of alkyl carbamates (subject to hydrolysis) is 1. The number of unbranched alkanes of at least 4 members (excludes halogenated alkanes) is 1. The molecule has 0 unspecified atom stereocenters. The maximum Gasteiger partial charge on any atom is 0.407 e. The Balaban J connectivity index is 2.01. The zero-order valence-corrected chi connectivity index (χ0v) is 22.3. The molecule has 2 rings (SSSR count). The molecule has 37 heavy (non-hydrogen) atoms. The van der Waals surface area contributed by atoms with Gasteiger partial charge in [-0.15, -0.1) is 0 Å². The van der Waals surface area contributed by atoms with Gasteiger partial charge in [0.05, 0.1) is 6.33 Å². The Morgan fingerprint density at radius 1 is 0.919 bits per heavy atom. The monoisotopic (exact) mass is 515 g/mol. The number of carbonyl (C=O) groups is 4. The summed E-state index contributed by atoms with van der Waals surface area (Å²) in [5.74, 6) is -1.84. The quantitative estimate of drug-likeness (QED) is 0.277. The van der Waals surface area contributed by atoms with Crippen molar-refractivity contribution in [2.75, 3.05) is 11.9 Å². The maximum atomic E-state index is 13.0. The molecule has 11 nitrogen and oxygen atoms in total. The number of amides is 3. The summed E-state index contributed by atoms with van der Waals surface area (Å²) in [5, 5.41) is 8.00. The lowest BCUT2D eigenvalue weighted by Gasteiger charge is -2.24. The minimum Gasteiger partial charge on any atom is -0.458 e. The van der Waals surface area contributed by atoms with Crippen LogP contribution in [0.4, 0.5) is 10.5 Å². The van der Waals surface area contributed by atoms with Crippen molar-refractivity contribution in [3.05, 3.63) is 48.0 Å². The SMILES string of the molecule is CC(C)(C)OC(=O)NCCCC[C@H](NC(=O)c1[nH]cnc1C(=O)Nc1ccccc1)C(=O)OC(C)(C)C. The van der Waals surface area contributed by atoms with E-state index >= 15 is 0 Å². The number of hydrogen-bond acceptors (Lipinski definition) is 7. The van der Waals surface area contributed by atoms with Gasteiger partial charge in [0.2, 0.25) is 0 Å². The average molecular weight is 516 g/mol. The number of H-pyrrole nitrogens is 1. The molecule has 0 saturated carbocycles. The van der Waals surface area contributed by atoms with Crippen LogP contribution < -0.4 is 16.0 Å². The molecule has 4 N–H and O–H groups in total. The van der Waals surface area contributed by atoms with Crippen molar-refractivity contribution in [2.45, 2.75) is 78.0 Å². The van der Waals surface area contributed by atoms with Crippen LogP contribution in [0.3, 0.4) is 0 Å². The molecule has 202 valence electrons. The van der Waals surface area contributed by atoms with Crippen molar-refractivity contribution in [3.8, 4) is 0 Å². The molecule has 0 saturated heterocycles. The summed E-state index contributed by atoms with van der Waals surface area (Å²) in [6.07, 6.45) is 2.02. The molecule has 0 spiro atoms. The number of imidazole rings is 1. The first-order valence-corrected chi connectivity index (χ1v) is 12.2. The molecule has 3 amide bonds. The number of carbonyl (C=O) groups excluding carboxylic acids is 4. The molecule has 0 aliphatic carbocycles. The zero-order chi connectivity index (χ0) is 27.6. The Hall–Kier alpha value is -3.89. The number of anilines is 1. The van der Waals surface area contributed by atoms with Crippen LogP contribution in [0.25, 0.3) is 0 Å². The van der Waals surface area contributed by atoms with Crippen LogP contribution in [-0.2, 0) is 14.3 Å².